The smallest absolute Gasteiger partial charge is 0.267 e. The van der Waals surface area contributed by atoms with Crippen LogP contribution >= 0.6 is 0 Å². The van der Waals surface area contributed by atoms with E-state index in [9.17, 15) is 9.59 Å². The number of nitrogens with one attached hydrogen (secondary N) is 3. The number of ketones is 1. The van der Waals surface area contributed by atoms with Gasteiger partial charge in [-0.2, -0.15) is 0 Å². The summed E-state index contributed by atoms with van der Waals surface area (Å²) in [7, 11) is 4.22. The van der Waals surface area contributed by atoms with Crippen molar-refractivity contribution < 1.29 is 14.5 Å². The van der Waals surface area contributed by atoms with Crippen LogP contribution in [-0.4, -0.2) is 30.8 Å². The Morgan fingerprint density at radius 3 is 2.32 bits per heavy atom. The van der Waals surface area contributed by atoms with Crippen molar-refractivity contribution in [1.82, 2.24) is 10.3 Å². The fraction of sp³-hybridized carbons (Fsp3) is 0.294. The normalized spacial score (nSPS) is 10.7. The lowest BCUT2D eigenvalue weighted by Crippen LogP contribution is -3.04. The van der Waals surface area contributed by atoms with E-state index < -0.39 is 0 Å². The predicted octanol–water partition coefficient (Wildman–Crippen LogP) is 0.792. The molecule has 0 aliphatic rings. The second kappa shape index (κ2) is 7.04. The van der Waals surface area contributed by atoms with Crippen molar-refractivity contribution in [2.45, 2.75) is 20.0 Å². The molecule has 0 aliphatic heterocycles. The van der Waals surface area contributed by atoms with Crippen molar-refractivity contribution in [3.63, 3.8) is 0 Å². The van der Waals surface area contributed by atoms with E-state index in [0.717, 1.165) is 12.1 Å². The monoisotopic (exact) mass is 300 g/mol. The summed E-state index contributed by atoms with van der Waals surface area (Å²) < 4.78 is 0. The quantitative estimate of drug-likeness (QED) is 0.691. The third kappa shape index (κ3) is 4.30. The van der Waals surface area contributed by atoms with Gasteiger partial charge < -0.3 is 15.2 Å². The Kier molecular flexibility index (Phi) is 5.12. The Balaban J connectivity index is 1.91. The molecule has 0 saturated carbocycles. The Bertz CT molecular complexity index is 657. The standard InChI is InChI=1S/C17H21N3O2/c1-12(21)15-8-16(18-10-15)17(22)19-9-13-4-6-14(7-5-13)11-20(2)3/h4-8,10,18H,9,11H2,1-3H3,(H,19,22)/p+1. The van der Waals surface area contributed by atoms with Gasteiger partial charge in [0.05, 0.1) is 14.1 Å². The summed E-state index contributed by atoms with van der Waals surface area (Å²) >= 11 is 0. The topological polar surface area (TPSA) is 66.4 Å². The lowest BCUT2D eigenvalue weighted by atomic mass is 10.1. The van der Waals surface area contributed by atoms with Crippen LogP contribution in [0.15, 0.2) is 36.5 Å². The number of carbonyl (C=O) groups excluding carboxylic acids is 2. The molecule has 5 nitrogen and oxygen atoms in total. The largest absolute Gasteiger partial charge is 0.356 e. The minimum Gasteiger partial charge on any atom is -0.356 e. The molecule has 2 aromatic rings. The number of quaternary nitrogens is 1. The molecule has 0 unspecified atom stereocenters. The molecule has 0 atom stereocenters. The lowest BCUT2D eigenvalue weighted by molar-refractivity contribution is -0.872. The highest BCUT2D eigenvalue weighted by molar-refractivity contribution is 5.99. The Morgan fingerprint density at radius 2 is 1.77 bits per heavy atom. The number of amides is 1. The molecule has 0 saturated heterocycles. The summed E-state index contributed by atoms with van der Waals surface area (Å²) in [6, 6.07) is 9.77. The number of benzene rings is 1. The maximum absolute atomic E-state index is 12.0. The average molecular weight is 300 g/mol. The highest BCUT2D eigenvalue weighted by Crippen LogP contribution is 2.06. The van der Waals surface area contributed by atoms with E-state index in [4.69, 9.17) is 0 Å². The number of hydrogen-bond acceptors (Lipinski definition) is 2. The summed E-state index contributed by atoms with van der Waals surface area (Å²) in [6.45, 7) is 2.91. The summed E-state index contributed by atoms with van der Waals surface area (Å²) in [5.74, 6) is -0.275. The maximum atomic E-state index is 12.0. The third-order valence-corrected chi connectivity index (χ3v) is 3.37. The minimum atomic E-state index is -0.214. The first kappa shape index (κ1) is 16.0. The second-order valence-electron chi connectivity index (χ2n) is 5.74. The number of rotatable bonds is 6. The van der Waals surface area contributed by atoms with Crippen LogP contribution in [-0.2, 0) is 13.1 Å². The third-order valence-electron chi connectivity index (χ3n) is 3.37. The molecule has 0 radical (unpaired) electrons. The van der Waals surface area contributed by atoms with Gasteiger partial charge >= 0.3 is 0 Å². The first-order valence-electron chi connectivity index (χ1n) is 7.30. The van der Waals surface area contributed by atoms with Crippen molar-refractivity contribution in [2.24, 2.45) is 0 Å². The molecule has 1 heterocycles. The molecule has 116 valence electrons. The maximum Gasteiger partial charge on any atom is 0.267 e. The molecule has 22 heavy (non-hydrogen) atoms. The lowest BCUT2D eigenvalue weighted by Gasteiger charge is -2.08. The van der Waals surface area contributed by atoms with Crippen LogP contribution in [0.1, 0.15) is 38.9 Å². The van der Waals surface area contributed by atoms with Gasteiger partial charge in [-0.15, -0.1) is 0 Å². The number of H-pyrrole nitrogens is 1. The molecule has 1 aromatic carbocycles. The number of aromatic nitrogens is 1. The highest BCUT2D eigenvalue weighted by Gasteiger charge is 2.10. The van der Waals surface area contributed by atoms with Gasteiger partial charge in [0.15, 0.2) is 5.78 Å². The minimum absolute atomic E-state index is 0.0612. The molecule has 0 aliphatic carbocycles. The van der Waals surface area contributed by atoms with Crippen LogP contribution in [0, 0.1) is 0 Å². The van der Waals surface area contributed by atoms with Gasteiger partial charge in [-0.1, -0.05) is 24.3 Å². The van der Waals surface area contributed by atoms with E-state index >= 15 is 0 Å². The van der Waals surface area contributed by atoms with E-state index in [0.29, 0.717) is 17.8 Å². The van der Waals surface area contributed by atoms with Gasteiger partial charge in [-0.3, -0.25) is 9.59 Å². The van der Waals surface area contributed by atoms with Crippen molar-refractivity contribution in [3.8, 4) is 0 Å². The van der Waals surface area contributed by atoms with E-state index in [1.807, 2.05) is 12.1 Å². The van der Waals surface area contributed by atoms with Crippen LogP contribution in [0.3, 0.4) is 0 Å². The second-order valence-corrected chi connectivity index (χ2v) is 5.74. The van der Waals surface area contributed by atoms with Crippen molar-refractivity contribution in [3.05, 3.63) is 58.9 Å². The first-order chi connectivity index (χ1) is 10.5. The Morgan fingerprint density at radius 1 is 1.14 bits per heavy atom. The fourth-order valence-electron chi connectivity index (χ4n) is 2.19. The average Bonchev–Trinajstić information content (AvgIpc) is 2.96. The zero-order valence-corrected chi connectivity index (χ0v) is 13.2. The molecular formula is C17H22N3O2+. The zero-order chi connectivity index (χ0) is 16.1. The zero-order valence-electron chi connectivity index (χ0n) is 13.2. The van der Waals surface area contributed by atoms with E-state index in [-0.39, 0.29) is 11.7 Å². The number of hydrogen-bond donors (Lipinski definition) is 3. The molecule has 1 amide bonds. The van der Waals surface area contributed by atoms with Crippen molar-refractivity contribution in [2.75, 3.05) is 14.1 Å². The van der Waals surface area contributed by atoms with Gasteiger partial charge in [0.1, 0.15) is 12.2 Å². The summed E-state index contributed by atoms with van der Waals surface area (Å²) in [5, 5.41) is 2.84. The molecule has 0 fully saturated rings. The SMILES string of the molecule is CC(=O)c1c[nH]c(C(=O)NCc2ccc(C[NH+](C)C)cc2)c1. The van der Waals surface area contributed by atoms with Gasteiger partial charge in [-0.05, 0) is 18.6 Å². The van der Waals surface area contributed by atoms with Crippen LogP contribution < -0.4 is 10.2 Å². The highest BCUT2D eigenvalue weighted by atomic mass is 16.2. The molecular weight excluding hydrogens is 278 g/mol. The summed E-state index contributed by atoms with van der Waals surface area (Å²) in [4.78, 5) is 27.4. The summed E-state index contributed by atoms with van der Waals surface area (Å²) in [5.41, 5.74) is 3.23. The molecule has 5 heteroatoms. The first-order valence-corrected chi connectivity index (χ1v) is 7.30. The Labute approximate surface area is 130 Å². The van der Waals surface area contributed by atoms with Crippen LogP contribution in [0.2, 0.25) is 0 Å². The van der Waals surface area contributed by atoms with Crippen molar-refractivity contribution >= 4 is 11.7 Å². The van der Waals surface area contributed by atoms with Crippen LogP contribution in [0.5, 0.6) is 0 Å². The fourth-order valence-corrected chi connectivity index (χ4v) is 2.19. The Hall–Kier alpha value is -2.40. The van der Waals surface area contributed by atoms with Crippen LogP contribution in [0.4, 0.5) is 0 Å². The van der Waals surface area contributed by atoms with Crippen molar-refractivity contribution in [1.29, 1.82) is 0 Å². The van der Waals surface area contributed by atoms with E-state index in [2.05, 4.69) is 36.5 Å². The summed E-state index contributed by atoms with van der Waals surface area (Å²) in [6.07, 6.45) is 1.55. The van der Waals surface area contributed by atoms with E-state index in [1.165, 1.54) is 17.4 Å². The molecule has 0 bridgehead atoms. The van der Waals surface area contributed by atoms with Gasteiger partial charge in [-0.25, -0.2) is 0 Å². The number of aromatic amines is 1. The van der Waals surface area contributed by atoms with E-state index in [1.54, 1.807) is 12.3 Å². The predicted molar refractivity (Wildman–Crippen MR) is 84.9 cm³/mol. The molecule has 1 aromatic heterocycles. The molecule has 0 spiro atoms. The number of Topliss-reactive ketones (excluding diaryl/α,β-unsaturated/α-hetero) is 1. The van der Waals surface area contributed by atoms with Gasteiger partial charge in [0.25, 0.3) is 5.91 Å². The van der Waals surface area contributed by atoms with Gasteiger partial charge in [0, 0.05) is 23.9 Å². The number of carbonyl (C=O) groups is 2. The van der Waals surface area contributed by atoms with Gasteiger partial charge in [0.2, 0.25) is 0 Å². The molecule has 3 N–H and O–H groups in total. The van der Waals surface area contributed by atoms with Crippen LogP contribution in [0.25, 0.3) is 0 Å². The molecule has 2 rings (SSSR count).